The van der Waals surface area contributed by atoms with Crippen LogP contribution in [0.4, 0.5) is 11.4 Å². The maximum absolute atomic E-state index is 11.6. The Kier molecular flexibility index (Phi) is 4.25. The van der Waals surface area contributed by atoms with E-state index in [1.807, 2.05) is 6.07 Å². The number of hydrogen-bond donors (Lipinski definition) is 2. The molecule has 2 rings (SSSR count). The summed E-state index contributed by atoms with van der Waals surface area (Å²) in [5.41, 5.74) is 9.87. The van der Waals surface area contributed by atoms with Crippen molar-refractivity contribution in [2.45, 2.75) is 13.5 Å². The summed E-state index contributed by atoms with van der Waals surface area (Å²) in [6.45, 7) is 2.70. The molecule has 2 aromatic rings. The number of nitrogens with two attached hydrogens (primary N) is 1. The topological polar surface area (TPSA) is 64.3 Å². The number of methoxy groups -OCH3 is 1. The third-order valence-corrected chi connectivity index (χ3v) is 3.11. The third-order valence-electron chi connectivity index (χ3n) is 3.11. The van der Waals surface area contributed by atoms with E-state index in [0.717, 1.165) is 11.3 Å². The number of ether oxygens (including phenoxy) is 1. The van der Waals surface area contributed by atoms with Crippen molar-refractivity contribution < 1.29 is 9.53 Å². The number of para-hydroxylation sites is 1. The lowest BCUT2D eigenvalue weighted by molar-refractivity contribution is 0.0602. The molecule has 104 valence electrons. The zero-order chi connectivity index (χ0) is 14.5. The number of esters is 1. The maximum Gasteiger partial charge on any atom is 0.340 e. The van der Waals surface area contributed by atoms with Crippen LogP contribution in [0.3, 0.4) is 0 Å². The third kappa shape index (κ3) is 3.09. The van der Waals surface area contributed by atoms with Crippen molar-refractivity contribution in [3.63, 3.8) is 0 Å². The average molecular weight is 270 g/mol. The predicted octanol–water partition coefficient (Wildman–Crippen LogP) is 2.98. The highest BCUT2D eigenvalue weighted by molar-refractivity contribution is 5.98. The Labute approximate surface area is 118 Å². The SMILES string of the molecule is COC(=O)c1cccc(NCc2ccc(C)cc2)c1N. The first kappa shape index (κ1) is 13.9. The summed E-state index contributed by atoms with van der Waals surface area (Å²) in [6, 6.07) is 13.5. The molecular weight excluding hydrogens is 252 g/mol. The molecule has 0 bridgehead atoms. The van der Waals surface area contributed by atoms with Gasteiger partial charge in [0.25, 0.3) is 0 Å². The second-order valence-corrected chi connectivity index (χ2v) is 4.60. The molecular formula is C16H18N2O2. The van der Waals surface area contributed by atoms with Crippen LogP contribution in [0.1, 0.15) is 21.5 Å². The van der Waals surface area contributed by atoms with Crippen LogP contribution in [0, 0.1) is 6.92 Å². The van der Waals surface area contributed by atoms with E-state index >= 15 is 0 Å². The van der Waals surface area contributed by atoms with E-state index < -0.39 is 5.97 Å². The molecule has 4 heteroatoms. The van der Waals surface area contributed by atoms with Gasteiger partial charge in [0.2, 0.25) is 0 Å². The Morgan fingerprint density at radius 3 is 2.55 bits per heavy atom. The second kappa shape index (κ2) is 6.10. The fourth-order valence-corrected chi connectivity index (χ4v) is 1.91. The molecule has 2 aromatic carbocycles. The highest BCUT2D eigenvalue weighted by Crippen LogP contribution is 2.24. The number of anilines is 2. The minimum absolute atomic E-state index is 0.376. The number of carbonyl (C=O) groups is 1. The van der Waals surface area contributed by atoms with Crippen LogP contribution >= 0.6 is 0 Å². The van der Waals surface area contributed by atoms with Crippen molar-refractivity contribution in [2.75, 3.05) is 18.2 Å². The van der Waals surface area contributed by atoms with Crippen LogP contribution in [-0.2, 0) is 11.3 Å². The molecule has 0 amide bonds. The lowest BCUT2D eigenvalue weighted by Crippen LogP contribution is -2.09. The largest absolute Gasteiger partial charge is 0.465 e. The van der Waals surface area contributed by atoms with Crippen molar-refractivity contribution in [2.24, 2.45) is 0 Å². The maximum atomic E-state index is 11.6. The van der Waals surface area contributed by atoms with E-state index in [4.69, 9.17) is 10.5 Å². The van der Waals surface area contributed by atoms with Crippen LogP contribution in [0.5, 0.6) is 0 Å². The van der Waals surface area contributed by atoms with E-state index in [0.29, 0.717) is 17.8 Å². The van der Waals surface area contributed by atoms with Gasteiger partial charge in [-0.2, -0.15) is 0 Å². The molecule has 3 N–H and O–H groups in total. The Bertz CT molecular complexity index is 606. The molecule has 0 spiro atoms. The van der Waals surface area contributed by atoms with Gasteiger partial charge in [-0.1, -0.05) is 35.9 Å². The fourth-order valence-electron chi connectivity index (χ4n) is 1.91. The number of nitrogens with one attached hydrogen (secondary N) is 1. The monoisotopic (exact) mass is 270 g/mol. The minimum atomic E-state index is -0.429. The highest BCUT2D eigenvalue weighted by Gasteiger charge is 2.12. The fraction of sp³-hybridized carbons (Fsp3) is 0.188. The average Bonchev–Trinajstić information content (AvgIpc) is 2.47. The quantitative estimate of drug-likeness (QED) is 0.662. The Hall–Kier alpha value is -2.49. The van der Waals surface area contributed by atoms with Gasteiger partial charge in [-0.25, -0.2) is 4.79 Å². The molecule has 0 saturated carbocycles. The van der Waals surface area contributed by atoms with Crippen molar-refractivity contribution in [3.05, 3.63) is 59.2 Å². The van der Waals surface area contributed by atoms with E-state index in [1.54, 1.807) is 12.1 Å². The van der Waals surface area contributed by atoms with Gasteiger partial charge in [0.1, 0.15) is 0 Å². The summed E-state index contributed by atoms with van der Waals surface area (Å²) < 4.78 is 4.70. The lowest BCUT2D eigenvalue weighted by Gasteiger charge is -2.12. The minimum Gasteiger partial charge on any atom is -0.465 e. The summed E-state index contributed by atoms with van der Waals surface area (Å²) in [6.07, 6.45) is 0. The van der Waals surface area contributed by atoms with Crippen molar-refractivity contribution >= 4 is 17.3 Å². The molecule has 0 aromatic heterocycles. The number of aryl methyl sites for hydroxylation is 1. The van der Waals surface area contributed by atoms with Crippen LogP contribution in [0.15, 0.2) is 42.5 Å². The molecule has 0 fully saturated rings. The molecule has 0 aliphatic heterocycles. The summed E-state index contributed by atoms with van der Waals surface area (Å²) >= 11 is 0. The number of hydrogen-bond acceptors (Lipinski definition) is 4. The van der Waals surface area contributed by atoms with E-state index in [9.17, 15) is 4.79 Å². The molecule has 0 aliphatic rings. The molecule has 0 radical (unpaired) electrons. The molecule has 20 heavy (non-hydrogen) atoms. The summed E-state index contributed by atoms with van der Waals surface area (Å²) in [5, 5.41) is 3.24. The summed E-state index contributed by atoms with van der Waals surface area (Å²) in [7, 11) is 1.34. The van der Waals surface area contributed by atoms with Crippen LogP contribution in [-0.4, -0.2) is 13.1 Å². The van der Waals surface area contributed by atoms with Gasteiger partial charge in [-0.05, 0) is 24.6 Å². The van der Waals surface area contributed by atoms with Gasteiger partial charge < -0.3 is 15.8 Å². The Morgan fingerprint density at radius 2 is 1.90 bits per heavy atom. The molecule has 0 saturated heterocycles. The van der Waals surface area contributed by atoms with Gasteiger partial charge in [0.15, 0.2) is 0 Å². The smallest absolute Gasteiger partial charge is 0.340 e. The van der Waals surface area contributed by atoms with Gasteiger partial charge in [-0.15, -0.1) is 0 Å². The zero-order valence-corrected chi connectivity index (χ0v) is 11.6. The number of rotatable bonds is 4. The van der Waals surface area contributed by atoms with Gasteiger partial charge in [0.05, 0.1) is 24.0 Å². The van der Waals surface area contributed by atoms with Gasteiger partial charge >= 0.3 is 5.97 Å². The second-order valence-electron chi connectivity index (χ2n) is 4.60. The number of carbonyl (C=O) groups excluding carboxylic acids is 1. The lowest BCUT2D eigenvalue weighted by atomic mass is 10.1. The van der Waals surface area contributed by atoms with Crippen molar-refractivity contribution in [3.8, 4) is 0 Å². The Morgan fingerprint density at radius 1 is 1.20 bits per heavy atom. The molecule has 0 atom stereocenters. The van der Waals surface area contributed by atoms with E-state index in [1.165, 1.54) is 12.7 Å². The first-order chi connectivity index (χ1) is 9.61. The summed E-state index contributed by atoms with van der Waals surface area (Å²) in [4.78, 5) is 11.6. The van der Waals surface area contributed by atoms with Gasteiger partial charge in [-0.3, -0.25) is 0 Å². The predicted molar refractivity (Wildman–Crippen MR) is 80.7 cm³/mol. The van der Waals surface area contributed by atoms with Crippen LogP contribution < -0.4 is 11.1 Å². The van der Waals surface area contributed by atoms with E-state index in [-0.39, 0.29) is 0 Å². The normalized spacial score (nSPS) is 10.1. The zero-order valence-electron chi connectivity index (χ0n) is 11.6. The molecule has 4 nitrogen and oxygen atoms in total. The van der Waals surface area contributed by atoms with Crippen LogP contribution in [0.2, 0.25) is 0 Å². The Balaban J connectivity index is 2.13. The first-order valence-corrected chi connectivity index (χ1v) is 6.38. The first-order valence-electron chi connectivity index (χ1n) is 6.38. The number of nitrogen functional groups attached to an aromatic ring is 1. The van der Waals surface area contributed by atoms with Crippen molar-refractivity contribution in [1.82, 2.24) is 0 Å². The number of benzene rings is 2. The van der Waals surface area contributed by atoms with Crippen molar-refractivity contribution in [1.29, 1.82) is 0 Å². The van der Waals surface area contributed by atoms with Crippen LogP contribution in [0.25, 0.3) is 0 Å². The summed E-state index contributed by atoms with van der Waals surface area (Å²) in [5.74, 6) is -0.429. The molecule has 0 aliphatic carbocycles. The van der Waals surface area contributed by atoms with Gasteiger partial charge in [0, 0.05) is 6.54 Å². The molecule has 0 heterocycles. The molecule has 0 unspecified atom stereocenters. The standard InChI is InChI=1S/C16H18N2O2/c1-11-6-8-12(9-7-11)10-18-14-5-3-4-13(15(14)17)16(19)20-2/h3-9,18H,10,17H2,1-2H3. The van der Waals surface area contributed by atoms with E-state index in [2.05, 4.69) is 36.5 Å². The highest BCUT2D eigenvalue weighted by atomic mass is 16.5.